The average Bonchev–Trinajstić information content (AvgIpc) is 2.84. The van der Waals surface area contributed by atoms with E-state index in [1.165, 1.54) is 0 Å². The van der Waals surface area contributed by atoms with E-state index in [-0.39, 0.29) is 11.5 Å². The Morgan fingerprint density at radius 2 is 2.29 bits per heavy atom. The number of amidine groups is 1. The Morgan fingerprint density at radius 3 is 2.71 bits per heavy atom. The molecule has 0 radical (unpaired) electrons. The van der Waals surface area contributed by atoms with E-state index in [2.05, 4.69) is 10.5 Å². The fraction of sp³-hybridized carbons (Fsp3) is 0.889. The summed E-state index contributed by atoms with van der Waals surface area (Å²) in [5.74, 6) is 0.293. The van der Waals surface area contributed by atoms with Gasteiger partial charge in [-0.25, -0.2) is 0 Å². The van der Waals surface area contributed by atoms with Gasteiger partial charge in [-0.3, -0.25) is 0 Å². The zero-order chi connectivity index (χ0) is 10.6. The first-order valence-electron chi connectivity index (χ1n) is 4.93. The minimum Gasteiger partial charge on any atom is -0.409 e. The van der Waals surface area contributed by atoms with Gasteiger partial charge in [-0.2, -0.15) is 0 Å². The molecule has 5 heteroatoms. The molecule has 0 amide bonds. The van der Waals surface area contributed by atoms with E-state index in [1.807, 2.05) is 0 Å². The maximum Gasteiger partial charge on any atom is 0.139 e. The minimum absolute atomic E-state index is 0.172. The van der Waals surface area contributed by atoms with Gasteiger partial charge in [0.25, 0.3) is 0 Å². The number of hydrogen-bond donors (Lipinski definition) is 4. The summed E-state index contributed by atoms with van der Waals surface area (Å²) in [5.41, 5.74) is 5.63. The lowest BCUT2D eigenvalue weighted by Gasteiger charge is -2.15. The van der Waals surface area contributed by atoms with E-state index in [9.17, 15) is 0 Å². The monoisotopic (exact) mass is 201 g/mol. The lowest BCUT2D eigenvalue weighted by atomic mass is 10.0. The van der Waals surface area contributed by atoms with E-state index < -0.39 is 0 Å². The molecule has 5 N–H and O–H groups in total. The van der Waals surface area contributed by atoms with Crippen LogP contribution in [0.2, 0.25) is 0 Å². The van der Waals surface area contributed by atoms with Gasteiger partial charge in [0.2, 0.25) is 0 Å². The van der Waals surface area contributed by atoms with Gasteiger partial charge in [0.05, 0.1) is 6.10 Å². The zero-order valence-corrected chi connectivity index (χ0v) is 8.53. The third kappa shape index (κ3) is 3.51. The first-order valence-corrected chi connectivity index (χ1v) is 4.93. The third-order valence-electron chi connectivity index (χ3n) is 2.58. The molecule has 0 heterocycles. The summed E-state index contributed by atoms with van der Waals surface area (Å²) in [6.07, 6.45) is 2.53. The second kappa shape index (κ2) is 4.61. The maximum absolute atomic E-state index is 9.05. The lowest BCUT2D eigenvalue weighted by Crippen LogP contribution is -2.32. The van der Waals surface area contributed by atoms with Gasteiger partial charge in [-0.05, 0) is 25.2 Å². The van der Waals surface area contributed by atoms with E-state index in [0.29, 0.717) is 18.8 Å². The molecule has 1 unspecified atom stereocenters. The molecule has 1 rings (SSSR count). The van der Waals surface area contributed by atoms with Crippen molar-refractivity contribution in [3.63, 3.8) is 0 Å². The summed E-state index contributed by atoms with van der Waals surface area (Å²) in [6, 6.07) is 0. The maximum atomic E-state index is 9.05. The first-order chi connectivity index (χ1) is 6.58. The van der Waals surface area contributed by atoms with Crippen molar-refractivity contribution in [2.24, 2.45) is 16.3 Å². The van der Waals surface area contributed by atoms with Crippen molar-refractivity contribution in [1.29, 1.82) is 0 Å². The number of rotatable bonds is 6. The molecule has 82 valence electrons. The van der Waals surface area contributed by atoms with Crippen molar-refractivity contribution < 1.29 is 10.3 Å². The molecule has 0 aromatic carbocycles. The van der Waals surface area contributed by atoms with Crippen LogP contribution in [0.15, 0.2) is 5.16 Å². The van der Waals surface area contributed by atoms with Crippen molar-refractivity contribution >= 4 is 5.84 Å². The number of aliphatic hydroxyl groups excluding tert-OH is 1. The van der Waals surface area contributed by atoms with Crippen LogP contribution >= 0.6 is 0 Å². The van der Waals surface area contributed by atoms with E-state index in [0.717, 1.165) is 19.4 Å². The zero-order valence-electron chi connectivity index (χ0n) is 8.53. The molecule has 14 heavy (non-hydrogen) atoms. The number of hydrogen-bond acceptors (Lipinski definition) is 4. The normalized spacial score (nSPS) is 22.0. The molecule has 0 aromatic heterocycles. The number of aliphatic hydroxyl groups is 1. The summed E-state index contributed by atoms with van der Waals surface area (Å²) in [4.78, 5) is 0. The summed E-state index contributed by atoms with van der Waals surface area (Å²) in [5, 5.41) is 23.6. The molecule has 0 aromatic rings. The van der Waals surface area contributed by atoms with Gasteiger partial charge in [-0.15, -0.1) is 0 Å². The fourth-order valence-electron chi connectivity index (χ4n) is 1.56. The highest BCUT2D eigenvalue weighted by Gasteiger charge is 2.42. The summed E-state index contributed by atoms with van der Waals surface area (Å²) < 4.78 is 0. The minimum atomic E-state index is -0.324. The van der Waals surface area contributed by atoms with Crippen LogP contribution in [0.25, 0.3) is 0 Å². The van der Waals surface area contributed by atoms with Crippen molar-refractivity contribution in [2.75, 3.05) is 13.1 Å². The molecule has 1 aliphatic carbocycles. The quantitative estimate of drug-likeness (QED) is 0.208. The van der Waals surface area contributed by atoms with Crippen molar-refractivity contribution in [3.05, 3.63) is 0 Å². The van der Waals surface area contributed by atoms with Crippen LogP contribution in [0, 0.1) is 5.41 Å². The van der Waals surface area contributed by atoms with Crippen LogP contribution in [0.1, 0.15) is 26.2 Å². The topological polar surface area (TPSA) is 90.9 Å². The third-order valence-corrected chi connectivity index (χ3v) is 2.58. The second-order valence-electron chi connectivity index (χ2n) is 4.25. The highest BCUT2D eigenvalue weighted by atomic mass is 16.4. The number of nitrogens with two attached hydrogens (primary N) is 1. The van der Waals surface area contributed by atoms with Gasteiger partial charge in [0, 0.05) is 19.5 Å². The van der Waals surface area contributed by atoms with Crippen LogP contribution < -0.4 is 11.1 Å². The van der Waals surface area contributed by atoms with Crippen molar-refractivity contribution in [3.8, 4) is 0 Å². The van der Waals surface area contributed by atoms with Crippen LogP contribution in [0.5, 0.6) is 0 Å². The predicted octanol–water partition coefficient (Wildman–Crippen LogP) is -0.126. The molecule has 0 bridgehead atoms. The Balaban J connectivity index is 2.22. The van der Waals surface area contributed by atoms with E-state index >= 15 is 0 Å². The standard InChI is InChI=1S/C9H19N3O2/c1-7(13)5-11-6-9(2-3-9)4-8(10)12-14/h7,11,13-14H,2-6H2,1H3,(H2,10,12). The SMILES string of the molecule is CC(O)CNCC1(CC(N)=NO)CC1. The van der Waals surface area contributed by atoms with Crippen molar-refractivity contribution in [2.45, 2.75) is 32.3 Å². The molecule has 0 saturated heterocycles. The van der Waals surface area contributed by atoms with Crippen LogP contribution in [-0.4, -0.2) is 35.3 Å². The lowest BCUT2D eigenvalue weighted by molar-refractivity contribution is 0.188. The highest BCUT2D eigenvalue weighted by molar-refractivity contribution is 5.80. The molecular formula is C9H19N3O2. The molecule has 1 aliphatic rings. The Bertz CT molecular complexity index is 212. The summed E-state index contributed by atoms with van der Waals surface area (Å²) >= 11 is 0. The Hall–Kier alpha value is -0.810. The molecule has 1 saturated carbocycles. The fourth-order valence-corrected chi connectivity index (χ4v) is 1.56. The van der Waals surface area contributed by atoms with Crippen LogP contribution in [0.4, 0.5) is 0 Å². The molecule has 0 spiro atoms. The Morgan fingerprint density at radius 1 is 1.64 bits per heavy atom. The van der Waals surface area contributed by atoms with Gasteiger partial charge in [0.15, 0.2) is 0 Å². The average molecular weight is 201 g/mol. The Kier molecular flexibility index (Phi) is 3.71. The largest absolute Gasteiger partial charge is 0.409 e. The predicted molar refractivity (Wildman–Crippen MR) is 54.2 cm³/mol. The summed E-state index contributed by atoms with van der Waals surface area (Å²) in [6.45, 7) is 3.17. The molecule has 5 nitrogen and oxygen atoms in total. The molecular weight excluding hydrogens is 182 g/mol. The summed E-state index contributed by atoms with van der Waals surface area (Å²) in [7, 11) is 0. The smallest absolute Gasteiger partial charge is 0.139 e. The van der Waals surface area contributed by atoms with Gasteiger partial charge in [-0.1, -0.05) is 5.16 Å². The number of nitrogens with zero attached hydrogens (tertiary/aromatic N) is 1. The highest BCUT2D eigenvalue weighted by Crippen LogP contribution is 2.48. The van der Waals surface area contributed by atoms with E-state index in [4.69, 9.17) is 16.0 Å². The first kappa shape index (κ1) is 11.3. The molecule has 0 aliphatic heterocycles. The molecule has 1 atom stereocenters. The van der Waals surface area contributed by atoms with Crippen LogP contribution in [0.3, 0.4) is 0 Å². The number of oxime groups is 1. The Labute approximate surface area is 84.0 Å². The van der Waals surface area contributed by atoms with E-state index in [1.54, 1.807) is 6.92 Å². The van der Waals surface area contributed by atoms with Gasteiger partial charge < -0.3 is 21.4 Å². The molecule has 1 fully saturated rings. The number of nitrogens with one attached hydrogen (secondary N) is 1. The second-order valence-corrected chi connectivity index (χ2v) is 4.25. The van der Waals surface area contributed by atoms with Gasteiger partial charge >= 0.3 is 0 Å². The van der Waals surface area contributed by atoms with Gasteiger partial charge in [0.1, 0.15) is 5.84 Å². The van der Waals surface area contributed by atoms with Crippen molar-refractivity contribution in [1.82, 2.24) is 5.32 Å². The van der Waals surface area contributed by atoms with Crippen LogP contribution in [-0.2, 0) is 0 Å².